The third-order valence-electron chi connectivity index (χ3n) is 4.28. The zero-order valence-corrected chi connectivity index (χ0v) is 17.4. The number of carbonyl (C=O) groups excluding carboxylic acids is 1. The van der Waals surface area contributed by atoms with Crippen molar-refractivity contribution < 1.29 is 27.9 Å². The quantitative estimate of drug-likeness (QED) is 0.551. The topological polar surface area (TPSA) is 86.9 Å². The molecule has 0 spiro atoms. The van der Waals surface area contributed by atoms with E-state index in [-0.39, 0.29) is 39.2 Å². The van der Waals surface area contributed by atoms with Crippen LogP contribution in [0.15, 0.2) is 36.5 Å². The van der Waals surface area contributed by atoms with Crippen molar-refractivity contribution in [2.75, 3.05) is 18.9 Å². The fraction of sp³-hybridized carbons (Fsp3) is 0.211. The first kappa shape index (κ1) is 22.9. The predicted octanol–water partition coefficient (Wildman–Crippen LogP) is 4.43. The number of nitrogens with zero attached hydrogens (tertiary/aromatic N) is 3. The lowest BCUT2D eigenvalue weighted by Crippen LogP contribution is -2.27. The summed E-state index contributed by atoms with van der Waals surface area (Å²) in [6.07, 6.45) is -3.45. The molecule has 3 aromatic rings. The number of amides is 1. The van der Waals surface area contributed by atoms with E-state index in [0.29, 0.717) is 0 Å². The van der Waals surface area contributed by atoms with E-state index in [1.54, 1.807) is 6.07 Å². The third-order valence-corrected chi connectivity index (χ3v) is 4.91. The van der Waals surface area contributed by atoms with Crippen LogP contribution in [0.1, 0.15) is 21.7 Å². The number of aromatic nitrogens is 2. The molecule has 0 unspecified atom stereocenters. The van der Waals surface area contributed by atoms with E-state index in [4.69, 9.17) is 28.3 Å². The van der Waals surface area contributed by atoms with Gasteiger partial charge in [0.15, 0.2) is 11.3 Å². The Hall–Kier alpha value is -2.82. The minimum Gasteiger partial charge on any atom is -0.480 e. The molecule has 1 amide bonds. The summed E-state index contributed by atoms with van der Waals surface area (Å²) in [4.78, 5) is 28.5. The third kappa shape index (κ3) is 4.92. The number of carboxylic acids is 1. The van der Waals surface area contributed by atoms with Crippen molar-refractivity contribution in [3.8, 4) is 0 Å². The summed E-state index contributed by atoms with van der Waals surface area (Å²) in [6.45, 7) is -0.804. The Kier molecular flexibility index (Phi) is 6.44. The normalized spacial score (nSPS) is 11.8. The number of carboxylic acid groups (broad SMARTS) is 1. The van der Waals surface area contributed by atoms with Crippen LogP contribution in [0.4, 0.5) is 18.9 Å². The molecule has 0 aliphatic rings. The minimum atomic E-state index is -4.79. The van der Waals surface area contributed by atoms with Crippen LogP contribution in [-0.4, -0.2) is 44.9 Å². The zero-order chi connectivity index (χ0) is 22.9. The van der Waals surface area contributed by atoms with Crippen molar-refractivity contribution >= 4 is 46.4 Å². The maximum atomic E-state index is 13.6. The van der Waals surface area contributed by atoms with Gasteiger partial charge in [0.2, 0.25) is 0 Å². The maximum Gasteiger partial charge on any atom is 0.435 e. The summed E-state index contributed by atoms with van der Waals surface area (Å²) in [5.74, 6) is -1.90. The fourth-order valence-corrected chi connectivity index (χ4v) is 3.60. The van der Waals surface area contributed by atoms with E-state index in [2.05, 4.69) is 10.3 Å². The number of benzene rings is 1. The smallest absolute Gasteiger partial charge is 0.435 e. The molecule has 0 saturated heterocycles. The van der Waals surface area contributed by atoms with Gasteiger partial charge in [-0.3, -0.25) is 14.5 Å². The molecule has 12 heteroatoms. The minimum absolute atomic E-state index is 0.00104. The van der Waals surface area contributed by atoms with E-state index < -0.39 is 30.3 Å². The largest absolute Gasteiger partial charge is 0.480 e. The van der Waals surface area contributed by atoms with Crippen molar-refractivity contribution in [3.05, 3.63) is 63.5 Å². The highest BCUT2D eigenvalue weighted by Gasteiger charge is 2.38. The number of carbonyl (C=O) groups is 2. The number of halogens is 5. The van der Waals surface area contributed by atoms with Gasteiger partial charge < -0.3 is 14.8 Å². The Balaban J connectivity index is 2.07. The number of rotatable bonds is 6. The molecule has 0 aliphatic heterocycles. The van der Waals surface area contributed by atoms with Gasteiger partial charge in [-0.2, -0.15) is 13.2 Å². The van der Waals surface area contributed by atoms with Gasteiger partial charge in [-0.1, -0.05) is 29.3 Å². The fourth-order valence-electron chi connectivity index (χ4n) is 3.03. The van der Waals surface area contributed by atoms with E-state index >= 15 is 0 Å². The van der Waals surface area contributed by atoms with E-state index in [9.17, 15) is 22.8 Å². The molecule has 164 valence electrons. The number of imidazole rings is 1. The number of nitrogens with one attached hydrogen (secondary N) is 1. The second-order valence-corrected chi connectivity index (χ2v) is 7.45. The van der Waals surface area contributed by atoms with E-state index in [1.165, 1.54) is 42.4 Å². The van der Waals surface area contributed by atoms with Gasteiger partial charge in [0.25, 0.3) is 5.91 Å². The number of fused-ring (bicyclic) bond motifs is 1. The van der Waals surface area contributed by atoms with Crippen LogP contribution < -0.4 is 5.32 Å². The van der Waals surface area contributed by atoms with Crippen LogP contribution in [0.2, 0.25) is 10.0 Å². The standard InChI is InChI=1S/C19H15Cl2F3N4O3/c1-27(9-14(29)30)8-13-16(19(22,23)24)26-17-12(6-3-7-28(13)17)25-18(31)15-10(20)4-2-5-11(15)21/h2-7H,8-9H2,1H3,(H,25,31)(H,29,30). The molecule has 0 radical (unpaired) electrons. The lowest BCUT2D eigenvalue weighted by Gasteiger charge is -2.16. The Labute approximate surface area is 184 Å². The van der Waals surface area contributed by atoms with Crippen LogP contribution in [-0.2, 0) is 17.5 Å². The van der Waals surface area contributed by atoms with Gasteiger partial charge in [-0.15, -0.1) is 0 Å². The Morgan fingerprint density at radius 2 is 1.84 bits per heavy atom. The Morgan fingerprint density at radius 3 is 2.42 bits per heavy atom. The average molecular weight is 475 g/mol. The first-order valence-electron chi connectivity index (χ1n) is 8.72. The van der Waals surface area contributed by atoms with Crippen molar-refractivity contribution in [2.45, 2.75) is 12.7 Å². The van der Waals surface area contributed by atoms with Crippen LogP contribution in [0.3, 0.4) is 0 Å². The van der Waals surface area contributed by atoms with Crippen LogP contribution in [0.25, 0.3) is 5.65 Å². The van der Waals surface area contributed by atoms with Gasteiger partial charge >= 0.3 is 12.1 Å². The van der Waals surface area contributed by atoms with Gasteiger partial charge in [0, 0.05) is 12.7 Å². The van der Waals surface area contributed by atoms with Crippen LogP contribution in [0.5, 0.6) is 0 Å². The van der Waals surface area contributed by atoms with Gasteiger partial charge in [0.1, 0.15) is 0 Å². The molecule has 1 aromatic carbocycles. The summed E-state index contributed by atoms with van der Waals surface area (Å²) in [7, 11) is 1.37. The summed E-state index contributed by atoms with van der Waals surface area (Å²) in [5.41, 5.74) is -1.64. The molecule has 0 atom stereocenters. The number of hydrogen-bond acceptors (Lipinski definition) is 4. The van der Waals surface area contributed by atoms with Gasteiger partial charge in [0.05, 0.1) is 33.5 Å². The zero-order valence-electron chi connectivity index (χ0n) is 15.9. The van der Waals surface area contributed by atoms with Crippen molar-refractivity contribution in [1.82, 2.24) is 14.3 Å². The van der Waals surface area contributed by atoms with Gasteiger partial charge in [-0.05, 0) is 31.3 Å². The Bertz CT molecular complexity index is 1140. The molecule has 31 heavy (non-hydrogen) atoms. The van der Waals surface area contributed by atoms with Crippen LogP contribution >= 0.6 is 23.2 Å². The summed E-state index contributed by atoms with van der Waals surface area (Å²) < 4.78 is 42.1. The van der Waals surface area contributed by atoms with Crippen molar-refractivity contribution in [3.63, 3.8) is 0 Å². The highest BCUT2D eigenvalue weighted by Crippen LogP contribution is 2.34. The lowest BCUT2D eigenvalue weighted by molar-refractivity contribution is -0.141. The summed E-state index contributed by atoms with van der Waals surface area (Å²) in [5, 5.41) is 11.5. The molecule has 3 rings (SSSR count). The average Bonchev–Trinajstić information content (AvgIpc) is 3.01. The highest BCUT2D eigenvalue weighted by molar-refractivity contribution is 6.40. The monoisotopic (exact) mass is 474 g/mol. The van der Waals surface area contributed by atoms with Crippen molar-refractivity contribution in [2.24, 2.45) is 0 Å². The van der Waals surface area contributed by atoms with Gasteiger partial charge in [-0.25, -0.2) is 4.98 Å². The maximum absolute atomic E-state index is 13.6. The van der Waals surface area contributed by atoms with Crippen molar-refractivity contribution in [1.29, 1.82) is 0 Å². The number of likely N-dealkylation sites (N-methyl/N-ethyl adjacent to an activating group) is 1. The summed E-state index contributed by atoms with van der Waals surface area (Å²) >= 11 is 12.1. The molecule has 0 fully saturated rings. The number of pyridine rings is 1. The number of hydrogen-bond donors (Lipinski definition) is 2. The first-order chi connectivity index (χ1) is 14.5. The summed E-state index contributed by atoms with van der Waals surface area (Å²) in [6, 6.07) is 7.27. The molecule has 7 nitrogen and oxygen atoms in total. The molecule has 2 N–H and O–H groups in total. The molecule has 0 bridgehead atoms. The molecule has 0 aliphatic carbocycles. The Morgan fingerprint density at radius 1 is 1.19 bits per heavy atom. The van der Waals surface area contributed by atoms with E-state index in [0.717, 1.165) is 4.40 Å². The predicted molar refractivity (Wildman–Crippen MR) is 109 cm³/mol. The molecular weight excluding hydrogens is 460 g/mol. The second kappa shape index (κ2) is 8.74. The molecule has 0 saturated carbocycles. The highest BCUT2D eigenvalue weighted by atomic mass is 35.5. The number of aliphatic carboxylic acids is 1. The number of anilines is 1. The van der Waals surface area contributed by atoms with E-state index in [1.807, 2.05) is 0 Å². The SMILES string of the molecule is CN(CC(=O)O)Cc1c(C(F)(F)F)nc2c(NC(=O)c3c(Cl)cccc3Cl)cccn12. The van der Waals surface area contributed by atoms with Crippen LogP contribution in [0, 0.1) is 0 Å². The second-order valence-electron chi connectivity index (χ2n) is 6.64. The molecule has 2 heterocycles. The number of alkyl halides is 3. The molecular formula is C19H15Cl2F3N4O3. The molecule has 2 aromatic heterocycles. The lowest BCUT2D eigenvalue weighted by atomic mass is 10.2. The first-order valence-corrected chi connectivity index (χ1v) is 9.47.